The number of aliphatic hydroxyl groups is 1. The molecule has 9 nitrogen and oxygen atoms in total. The molecule has 0 fully saturated rings. The standard InChI is InChI=1S/C19H35IN2O7/c1-14(2)22-17-16(18(23)19(17)24)21-4-5-25-6-7-26-8-9-27-10-11-28-12-13-29-15(3)20/h14-15,19,21-22,24H,4-13H2,1-3H3/t15-,19?/m0/s1. The predicted molar refractivity (Wildman–Crippen MR) is 117 cm³/mol. The van der Waals surface area contributed by atoms with Gasteiger partial charge in [0.25, 0.3) is 0 Å². The Kier molecular flexibility index (Phi) is 14.8. The molecule has 1 aliphatic rings. The highest BCUT2D eigenvalue weighted by molar-refractivity contribution is 14.1. The number of carbonyl (C=O) groups excluding carboxylic acids is 1. The Morgan fingerprint density at radius 2 is 1.38 bits per heavy atom. The first-order valence-electron chi connectivity index (χ1n) is 9.97. The molecule has 29 heavy (non-hydrogen) atoms. The van der Waals surface area contributed by atoms with Crippen molar-refractivity contribution in [1.82, 2.24) is 10.6 Å². The van der Waals surface area contributed by atoms with Crippen molar-refractivity contribution >= 4 is 28.4 Å². The molecular weight excluding hydrogens is 495 g/mol. The molecule has 1 aliphatic carbocycles. The van der Waals surface area contributed by atoms with Crippen molar-refractivity contribution in [2.24, 2.45) is 0 Å². The third kappa shape index (κ3) is 12.1. The van der Waals surface area contributed by atoms with Crippen LogP contribution in [0.5, 0.6) is 0 Å². The van der Waals surface area contributed by atoms with Crippen LogP contribution >= 0.6 is 22.6 Å². The van der Waals surface area contributed by atoms with Gasteiger partial charge in [-0.3, -0.25) is 4.79 Å². The van der Waals surface area contributed by atoms with Gasteiger partial charge in [-0.25, -0.2) is 0 Å². The normalized spacial score (nSPS) is 17.6. The molecule has 0 aromatic carbocycles. The van der Waals surface area contributed by atoms with Crippen LogP contribution in [0.3, 0.4) is 0 Å². The van der Waals surface area contributed by atoms with E-state index in [1.807, 2.05) is 20.8 Å². The van der Waals surface area contributed by atoms with Crippen molar-refractivity contribution in [2.45, 2.75) is 37.0 Å². The van der Waals surface area contributed by atoms with Crippen LogP contribution in [0.25, 0.3) is 0 Å². The Hall–Kier alpha value is -0.500. The number of halogens is 1. The zero-order chi connectivity index (χ0) is 21.5. The summed E-state index contributed by atoms with van der Waals surface area (Å²) in [5.74, 6) is -0.287. The highest BCUT2D eigenvalue weighted by Crippen LogP contribution is 2.20. The van der Waals surface area contributed by atoms with Crippen LogP contribution in [-0.4, -0.2) is 93.2 Å². The summed E-state index contributed by atoms with van der Waals surface area (Å²) < 4.78 is 27.2. The van der Waals surface area contributed by atoms with Crippen LogP contribution in [0.4, 0.5) is 0 Å². The molecule has 0 heterocycles. The van der Waals surface area contributed by atoms with E-state index in [2.05, 4.69) is 33.2 Å². The van der Waals surface area contributed by atoms with Crippen LogP contribution in [-0.2, 0) is 28.5 Å². The monoisotopic (exact) mass is 530 g/mol. The van der Waals surface area contributed by atoms with Gasteiger partial charge >= 0.3 is 0 Å². The number of carbonyl (C=O) groups is 1. The van der Waals surface area contributed by atoms with E-state index in [-0.39, 0.29) is 15.9 Å². The van der Waals surface area contributed by atoms with Gasteiger partial charge in [-0.2, -0.15) is 0 Å². The SMILES string of the molecule is CC(C)NC1=C(NCCOCCOCCOCCOCCO[C@@H](C)I)C(=O)C1O. The van der Waals surface area contributed by atoms with Gasteiger partial charge in [-0.1, -0.05) is 22.6 Å². The van der Waals surface area contributed by atoms with Gasteiger partial charge < -0.3 is 39.4 Å². The Labute approximate surface area is 186 Å². The molecule has 0 saturated heterocycles. The number of hydrogen-bond donors (Lipinski definition) is 3. The van der Waals surface area contributed by atoms with Crippen LogP contribution < -0.4 is 10.6 Å². The number of Topliss-reactive ketones (excluding diaryl/α,β-unsaturated/α-hetero) is 1. The van der Waals surface area contributed by atoms with Gasteiger partial charge in [-0.15, -0.1) is 0 Å². The fourth-order valence-electron chi connectivity index (χ4n) is 2.38. The molecule has 10 heteroatoms. The molecule has 170 valence electrons. The molecule has 0 saturated carbocycles. The Morgan fingerprint density at radius 3 is 1.86 bits per heavy atom. The van der Waals surface area contributed by atoms with E-state index < -0.39 is 6.10 Å². The molecule has 0 radical (unpaired) electrons. The van der Waals surface area contributed by atoms with Crippen molar-refractivity contribution in [2.75, 3.05) is 66.0 Å². The number of aliphatic hydroxyl groups excluding tert-OH is 1. The molecular formula is C19H35IN2O7. The minimum absolute atomic E-state index is 0.151. The van der Waals surface area contributed by atoms with Gasteiger partial charge in [0, 0.05) is 12.6 Å². The largest absolute Gasteiger partial charge is 0.382 e. The smallest absolute Gasteiger partial charge is 0.215 e. The van der Waals surface area contributed by atoms with E-state index in [1.54, 1.807) is 0 Å². The minimum atomic E-state index is -1.04. The summed E-state index contributed by atoms with van der Waals surface area (Å²) in [6.45, 7) is 11.0. The van der Waals surface area contributed by atoms with Crippen molar-refractivity contribution in [3.63, 3.8) is 0 Å². The van der Waals surface area contributed by atoms with E-state index >= 15 is 0 Å². The molecule has 0 aromatic heterocycles. The molecule has 0 amide bonds. The van der Waals surface area contributed by atoms with E-state index in [9.17, 15) is 9.90 Å². The van der Waals surface area contributed by atoms with Gasteiger partial charge in [-0.05, 0) is 20.8 Å². The van der Waals surface area contributed by atoms with E-state index in [0.29, 0.717) is 77.4 Å². The summed E-state index contributed by atoms with van der Waals surface area (Å²) in [6, 6.07) is 0.151. The first kappa shape index (κ1) is 26.5. The minimum Gasteiger partial charge on any atom is -0.382 e. The number of alkyl halides is 1. The quantitative estimate of drug-likeness (QED) is 0.126. The van der Waals surface area contributed by atoms with Crippen molar-refractivity contribution in [1.29, 1.82) is 0 Å². The Bertz CT molecular complexity index is 489. The fraction of sp³-hybridized carbons (Fsp3) is 0.842. The summed E-state index contributed by atoms with van der Waals surface area (Å²) in [4.78, 5) is 11.7. The van der Waals surface area contributed by atoms with E-state index in [1.165, 1.54) is 0 Å². The maximum atomic E-state index is 11.7. The molecule has 2 atom stereocenters. The van der Waals surface area contributed by atoms with Crippen LogP contribution in [0.1, 0.15) is 20.8 Å². The molecule has 0 spiro atoms. The molecule has 1 rings (SSSR count). The van der Waals surface area contributed by atoms with E-state index in [4.69, 9.17) is 23.7 Å². The average molecular weight is 530 g/mol. The summed E-state index contributed by atoms with van der Waals surface area (Å²) in [6.07, 6.45) is -1.04. The summed E-state index contributed by atoms with van der Waals surface area (Å²) in [7, 11) is 0. The summed E-state index contributed by atoms with van der Waals surface area (Å²) >= 11 is 2.20. The highest BCUT2D eigenvalue weighted by atomic mass is 127. The van der Waals surface area contributed by atoms with Gasteiger partial charge in [0.1, 0.15) is 9.81 Å². The first-order chi connectivity index (χ1) is 13.9. The maximum Gasteiger partial charge on any atom is 0.215 e. The van der Waals surface area contributed by atoms with Crippen molar-refractivity contribution in [3.05, 3.63) is 11.4 Å². The second kappa shape index (κ2) is 16.2. The molecule has 0 aromatic rings. The zero-order valence-corrected chi connectivity index (χ0v) is 19.7. The number of rotatable bonds is 19. The number of ether oxygens (including phenoxy) is 5. The lowest BCUT2D eigenvalue weighted by Gasteiger charge is -2.30. The summed E-state index contributed by atoms with van der Waals surface area (Å²) in [5.41, 5.74) is 1.00. The highest BCUT2D eigenvalue weighted by Gasteiger charge is 2.38. The maximum absolute atomic E-state index is 11.7. The fourth-order valence-corrected chi connectivity index (χ4v) is 2.64. The predicted octanol–water partition coefficient (Wildman–Crippen LogP) is 0.593. The van der Waals surface area contributed by atoms with Crippen LogP contribution in [0.15, 0.2) is 11.4 Å². The average Bonchev–Trinajstić information content (AvgIpc) is 2.68. The van der Waals surface area contributed by atoms with E-state index in [0.717, 1.165) is 0 Å². The van der Waals surface area contributed by atoms with Crippen molar-refractivity contribution in [3.8, 4) is 0 Å². The lowest BCUT2D eigenvalue weighted by atomic mass is 9.94. The topological polar surface area (TPSA) is 108 Å². The molecule has 3 N–H and O–H groups in total. The van der Waals surface area contributed by atoms with Crippen LogP contribution in [0, 0.1) is 0 Å². The van der Waals surface area contributed by atoms with Gasteiger partial charge in [0.15, 0.2) is 6.10 Å². The van der Waals surface area contributed by atoms with Gasteiger partial charge in [0.05, 0.1) is 65.2 Å². The molecule has 1 unspecified atom stereocenters. The number of nitrogens with one attached hydrogen (secondary N) is 2. The lowest BCUT2D eigenvalue weighted by Crippen LogP contribution is -2.50. The summed E-state index contributed by atoms with van der Waals surface area (Å²) in [5, 5.41) is 15.7. The second-order valence-electron chi connectivity index (χ2n) is 6.64. The third-order valence-electron chi connectivity index (χ3n) is 3.72. The molecule has 0 bridgehead atoms. The Balaban J connectivity index is 1.86. The number of ketones is 1. The molecule has 0 aliphatic heterocycles. The third-order valence-corrected chi connectivity index (χ3v) is 4.08. The zero-order valence-electron chi connectivity index (χ0n) is 17.6. The number of hydrogen-bond acceptors (Lipinski definition) is 9. The first-order valence-corrected chi connectivity index (χ1v) is 11.2. The Morgan fingerprint density at radius 1 is 0.897 bits per heavy atom. The second-order valence-corrected chi connectivity index (χ2v) is 8.40. The lowest BCUT2D eigenvalue weighted by molar-refractivity contribution is -0.125. The van der Waals surface area contributed by atoms with Crippen molar-refractivity contribution < 1.29 is 33.6 Å². The van der Waals surface area contributed by atoms with Gasteiger partial charge in [0.2, 0.25) is 5.78 Å². The van der Waals surface area contributed by atoms with Crippen LogP contribution in [0.2, 0.25) is 0 Å².